The molecule has 0 aromatic carbocycles. The number of aldehydes is 1. The standard InChI is InChI=1S/C23H39N5O3/c1-6-11-18(3)16-28-20(17-30)21(27(14-15-29)23(31)25(4)7-2)26(5)22(28)24-19-12-9-8-10-13-19/h6,11,17,19,22,24,29H,1,7-10,12-16H2,2-5H3/b18-11+. The van der Waals surface area contributed by atoms with E-state index in [2.05, 4.69) is 11.9 Å². The minimum absolute atomic E-state index is 0.117. The average molecular weight is 434 g/mol. The van der Waals surface area contributed by atoms with E-state index in [-0.39, 0.29) is 25.5 Å². The number of urea groups is 1. The van der Waals surface area contributed by atoms with Gasteiger partial charge in [0.05, 0.1) is 13.2 Å². The molecule has 1 saturated carbocycles. The number of aliphatic hydroxyl groups is 1. The fourth-order valence-electron chi connectivity index (χ4n) is 4.32. The predicted molar refractivity (Wildman–Crippen MR) is 123 cm³/mol. The SMILES string of the molecule is C=C/C=C(\C)CN1C(C=O)=C(N(CCO)C(=O)N(C)CC)N(C)C1NC1CCCCC1. The number of amides is 2. The monoisotopic (exact) mass is 433 g/mol. The maximum Gasteiger partial charge on any atom is 0.325 e. The quantitative estimate of drug-likeness (QED) is 0.407. The van der Waals surface area contributed by atoms with Gasteiger partial charge in [-0.2, -0.15) is 0 Å². The molecule has 8 nitrogen and oxygen atoms in total. The molecule has 8 heteroatoms. The molecule has 0 aromatic heterocycles. The number of nitrogens with one attached hydrogen (secondary N) is 1. The van der Waals surface area contributed by atoms with Gasteiger partial charge >= 0.3 is 6.03 Å². The van der Waals surface area contributed by atoms with Crippen LogP contribution >= 0.6 is 0 Å². The number of nitrogens with zero attached hydrogens (tertiary/aromatic N) is 4. The van der Waals surface area contributed by atoms with Gasteiger partial charge < -0.3 is 19.8 Å². The first-order valence-electron chi connectivity index (χ1n) is 11.3. The Kier molecular flexibility index (Phi) is 9.58. The van der Waals surface area contributed by atoms with Crippen LogP contribution in [0.1, 0.15) is 46.0 Å². The molecule has 0 radical (unpaired) electrons. The van der Waals surface area contributed by atoms with Crippen LogP contribution in [0, 0.1) is 0 Å². The molecule has 2 rings (SSSR count). The van der Waals surface area contributed by atoms with Gasteiger partial charge in [0.25, 0.3) is 0 Å². The largest absolute Gasteiger partial charge is 0.395 e. The zero-order valence-electron chi connectivity index (χ0n) is 19.5. The van der Waals surface area contributed by atoms with Crippen molar-refractivity contribution >= 4 is 12.3 Å². The normalized spacial score (nSPS) is 20.3. The second-order valence-electron chi connectivity index (χ2n) is 8.36. The highest BCUT2D eigenvalue weighted by Crippen LogP contribution is 2.31. The number of aliphatic hydroxyl groups excluding tert-OH is 1. The summed E-state index contributed by atoms with van der Waals surface area (Å²) in [5, 5.41) is 13.4. The van der Waals surface area contributed by atoms with Crippen LogP contribution in [-0.4, -0.2) is 89.7 Å². The highest BCUT2D eigenvalue weighted by molar-refractivity contribution is 5.80. The molecule has 2 amide bonds. The molecule has 2 N–H and O–H groups in total. The van der Waals surface area contributed by atoms with Crippen LogP contribution < -0.4 is 5.32 Å². The molecule has 0 saturated heterocycles. The van der Waals surface area contributed by atoms with Gasteiger partial charge in [0.2, 0.25) is 0 Å². The third-order valence-electron chi connectivity index (χ3n) is 6.07. The van der Waals surface area contributed by atoms with Crippen LogP contribution in [0.5, 0.6) is 0 Å². The lowest BCUT2D eigenvalue weighted by Crippen LogP contribution is -2.55. The summed E-state index contributed by atoms with van der Waals surface area (Å²) in [6, 6.07) is 0.120. The molecule has 174 valence electrons. The Morgan fingerprint density at radius 1 is 1.32 bits per heavy atom. The summed E-state index contributed by atoms with van der Waals surface area (Å²) < 4.78 is 0. The Bertz CT molecular complexity index is 699. The summed E-state index contributed by atoms with van der Waals surface area (Å²) in [6.07, 6.45) is 10.1. The van der Waals surface area contributed by atoms with E-state index in [0.29, 0.717) is 30.6 Å². The second-order valence-corrected chi connectivity index (χ2v) is 8.36. The second kappa shape index (κ2) is 11.9. The Morgan fingerprint density at radius 3 is 2.55 bits per heavy atom. The van der Waals surface area contributed by atoms with Crippen molar-refractivity contribution in [1.82, 2.24) is 24.9 Å². The van der Waals surface area contributed by atoms with Gasteiger partial charge in [-0.05, 0) is 26.7 Å². The Hall–Kier alpha value is -2.32. The van der Waals surface area contributed by atoms with E-state index in [0.717, 1.165) is 24.7 Å². The first-order chi connectivity index (χ1) is 14.9. The van der Waals surface area contributed by atoms with Gasteiger partial charge in [-0.25, -0.2) is 4.79 Å². The molecular formula is C23H39N5O3. The van der Waals surface area contributed by atoms with Gasteiger partial charge in [0, 0.05) is 33.2 Å². The molecule has 1 unspecified atom stereocenters. The van der Waals surface area contributed by atoms with Crippen LogP contribution in [0.3, 0.4) is 0 Å². The Labute approximate surface area is 186 Å². The first kappa shape index (κ1) is 24.9. The van der Waals surface area contributed by atoms with E-state index in [1.807, 2.05) is 36.8 Å². The molecule has 1 atom stereocenters. The van der Waals surface area contributed by atoms with E-state index >= 15 is 0 Å². The van der Waals surface area contributed by atoms with Gasteiger partial charge in [0.1, 0.15) is 11.5 Å². The van der Waals surface area contributed by atoms with Gasteiger partial charge in [-0.15, -0.1) is 0 Å². The van der Waals surface area contributed by atoms with Gasteiger partial charge in [-0.3, -0.25) is 15.0 Å². The van der Waals surface area contributed by atoms with Crippen molar-refractivity contribution in [3.05, 3.63) is 35.8 Å². The van der Waals surface area contributed by atoms with Crippen molar-refractivity contribution in [2.75, 3.05) is 40.3 Å². The van der Waals surface area contributed by atoms with Crippen molar-refractivity contribution in [3.8, 4) is 0 Å². The summed E-state index contributed by atoms with van der Waals surface area (Å²) in [4.78, 5) is 32.5. The molecule has 0 bridgehead atoms. The van der Waals surface area contributed by atoms with Crippen LogP contribution in [0.25, 0.3) is 0 Å². The zero-order chi connectivity index (χ0) is 23.0. The minimum atomic E-state index is -0.257. The summed E-state index contributed by atoms with van der Waals surface area (Å²) >= 11 is 0. The third kappa shape index (κ3) is 5.89. The molecule has 31 heavy (non-hydrogen) atoms. The number of carbonyl (C=O) groups excluding carboxylic acids is 2. The van der Waals surface area contributed by atoms with E-state index in [9.17, 15) is 14.7 Å². The van der Waals surface area contributed by atoms with Crippen LogP contribution in [0.2, 0.25) is 0 Å². The van der Waals surface area contributed by atoms with Gasteiger partial charge in [-0.1, -0.05) is 43.6 Å². The Balaban J connectivity index is 2.46. The summed E-state index contributed by atoms with van der Waals surface area (Å²) in [5.41, 5.74) is 1.50. The van der Waals surface area contributed by atoms with Gasteiger partial charge in [0.15, 0.2) is 12.6 Å². The van der Waals surface area contributed by atoms with Crippen molar-refractivity contribution in [3.63, 3.8) is 0 Å². The van der Waals surface area contributed by atoms with E-state index < -0.39 is 0 Å². The number of rotatable bonds is 10. The van der Waals surface area contributed by atoms with Crippen LogP contribution in [-0.2, 0) is 4.79 Å². The molecule has 0 aromatic rings. The van der Waals surface area contributed by atoms with Crippen LogP contribution in [0.15, 0.2) is 35.8 Å². The average Bonchev–Trinajstić information content (AvgIpc) is 3.02. The molecule has 1 fully saturated rings. The number of carbonyl (C=O) groups is 2. The topological polar surface area (TPSA) is 79.4 Å². The number of hydrogen-bond acceptors (Lipinski definition) is 6. The summed E-state index contributed by atoms with van der Waals surface area (Å²) in [6.45, 7) is 8.66. The molecule has 0 spiro atoms. The molecular weight excluding hydrogens is 394 g/mol. The minimum Gasteiger partial charge on any atom is -0.395 e. The first-order valence-corrected chi connectivity index (χ1v) is 11.3. The van der Waals surface area contributed by atoms with E-state index in [4.69, 9.17) is 0 Å². The van der Waals surface area contributed by atoms with E-state index in [1.165, 1.54) is 24.2 Å². The summed E-state index contributed by atoms with van der Waals surface area (Å²) in [7, 11) is 3.62. The smallest absolute Gasteiger partial charge is 0.325 e. The molecule has 1 aliphatic heterocycles. The third-order valence-corrected chi connectivity index (χ3v) is 6.07. The summed E-state index contributed by atoms with van der Waals surface area (Å²) in [5.74, 6) is 0.522. The fourth-order valence-corrected chi connectivity index (χ4v) is 4.32. The molecule has 1 aliphatic carbocycles. The lowest BCUT2D eigenvalue weighted by atomic mass is 9.95. The lowest BCUT2D eigenvalue weighted by Gasteiger charge is -2.38. The van der Waals surface area contributed by atoms with Crippen molar-refractivity contribution in [2.24, 2.45) is 0 Å². The van der Waals surface area contributed by atoms with E-state index in [1.54, 1.807) is 18.0 Å². The number of hydrogen-bond donors (Lipinski definition) is 2. The number of allylic oxidation sites excluding steroid dienone is 3. The highest BCUT2D eigenvalue weighted by atomic mass is 16.3. The fraction of sp³-hybridized carbons (Fsp3) is 0.652. The van der Waals surface area contributed by atoms with Crippen molar-refractivity contribution in [1.29, 1.82) is 0 Å². The molecule has 1 heterocycles. The lowest BCUT2D eigenvalue weighted by molar-refractivity contribution is -0.106. The van der Waals surface area contributed by atoms with Crippen molar-refractivity contribution in [2.45, 2.75) is 58.3 Å². The maximum atomic E-state index is 13.1. The van der Waals surface area contributed by atoms with Crippen molar-refractivity contribution < 1.29 is 14.7 Å². The zero-order valence-corrected chi connectivity index (χ0v) is 19.5. The molecule has 2 aliphatic rings. The van der Waals surface area contributed by atoms with Crippen LogP contribution in [0.4, 0.5) is 4.79 Å². The Morgan fingerprint density at radius 2 is 2.00 bits per heavy atom. The predicted octanol–water partition coefficient (Wildman–Crippen LogP) is 2.31. The highest BCUT2D eigenvalue weighted by Gasteiger charge is 2.41. The maximum absolute atomic E-state index is 13.1.